The molecule has 0 fully saturated rings. The molecule has 6 nitrogen and oxygen atoms in total. The van der Waals surface area contributed by atoms with Gasteiger partial charge in [0.05, 0.1) is 23.3 Å². The summed E-state index contributed by atoms with van der Waals surface area (Å²) in [5.74, 6) is -0.234. The summed E-state index contributed by atoms with van der Waals surface area (Å²) >= 11 is 0. The van der Waals surface area contributed by atoms with Gasteiger partial charge in [-0.05, 0) is 54.6 Å². The third kappa shape index (κ3) is 5.34. The summed E-state index contributed by atoms with van der Waals surface area (Å²) in [6.07, 6.45) is -4.53. The molecule has 3 rings (SSSR count). The lowest BCUT2D eigenvalue weighted by molar-refractivity contribution is -0.137. The van der Waals surface area contributed by atoms with Crippen LogP contribution in [0.1, 0.15) is 15.9 Å². The molecule has 162 valence electrons. The van der Waals surface area contributed by atoms with Crippen LogP contribution in [0.5, 0.6) is 5.75 Å². The van der Waals surface area contributed by atoms with Crippen LogP contribution in [0.4, 0.5) is 24.5 Å². The average Bonchev–Trinajstić information content (AvgIpc) is 2.73. The van der Waals surface area contributed by atoms with Gasteiger partial charge in [0.15, 0.2) is 0 Å². The molecule has 0 saturated carbocycles. The fourth-order valence-electron chi connectivity index (χ4n) is 2.68. The van der Waals surface area contributed by atoms with Crippen molar-refractivity contribution in [2.24, 2.45) is 0 Å². The summed E-state index contributed by atoms with van der Waals surface area (Å²) in [7, 11) is -2.78. The first kappa shape index (κ1) is 22.2. The number of benzene rings is 3. The Morgan fingerprint density at radius 2 is 1.58 bits per heavy atom. The first-order valence-electron chi connectivity index (χ1n) is 8.85. The van der Waals surface area contributed by atoms with E-state index in [0.717, 1.165) is 24.3 Å². The zero-order valence-corrected chi connectivity index (χ0v) is 16.9. The highest BCUT2D eigenvalue weighted by molar-refractivity contribution is 7.92. The largest absolute Gasteiger partial charge is 0.495 e. The van der Waals surface area contributed by atoms with Gasteiger partial charge in [0.25, 0.3) is 15.9 Å². The molecule has 2 N–H and O–H groups in total. The number of rotatable bonds is 6. The van der Waals surface area contributed by atoms with Gasteiger partial charge in [0, 0.05) is 11.3 Å². The Morgan fingerprint density at radius 3 is 2.16 bits per heavy atom. The quantitative estimate of drug-likeness (QED) is 0.567. The van der Waals surface area contributed by atoms with Gasteiger partial charge in [-0.15, -0.1) is 0 Å². The molecule has 0 unspecified atom stereocenters. The minimum Gasteiger partial charge on any atom is -0.495 e. The van der Waals surface area contributed by atoms with Crippen molar-refractivity contribution in [3.05, 3.63) is 83.9 Å². The Labute approximate surface area is 176 Å². The second kappa shape index (κ2) is 8.68. The number of amides is 1. The van der Waals surface area contributed by atoms with Crippen LogP contribution in [0, 0.1) is 0 Å². The molecule has 3 aromatic rings. The molecule has 0 aliphatic carbocycles. The van der Waals surface area contributed by atoms with E-state index >= 15 is 0 Å². The first-order valence-corrected chi connectivity index (χ1v) is 10.3. The van der Waals surface area contributed by atoms with Gasteiger partial charge < -0.3 is 10.1 Å². The van der Waals surface area contributed by atoms with Crippen LogP contribution in [-0.2, 0) is 16.2 Å². The van der Waals surface area contributed by atoms with Crippen molar-refractivity contribution in [1.82, 2.24) is 0 Å². The minimum absolute atomic E-state index is 0.0429. The lowest BCUT2D eigenvalue weighted by atomic mass is 10.2. The molecule has 0 radical (unpaired) electrons. The van der Waals surface area contributed by atoms with Crippen LogP contribution in [0.3, 0.4) is 0 Å². The molecule has 0 spiro atoms. The van der Waals surface area contributed by atoms with Crippen LogP contribution >= 0.6 is 0 Å². The molecule has 0 aromatic heterocycles. The Hall–Kier alpha value is -3.53. The third-order valence-electron chi connectivity index (χ3n) is 4.23. The van der Waals surface area contributed by atoms with Gasteiger partial charge in [0.1, 0.15) is 5.75 Å². The van der Waals surface area contributed by atoms with Gasteiger partial charge in [-0.3, -0.25) is 9.52 Å². The summed E-state index contributed by atoms with van der Waals surface area (Å²) in [5, 5.41) is 2.60. The van der Waals surface area contributed by atoms with Crippen molar-refractivity contribution in [2.45, 2.75) is 11.1 Å². The molecule has 31 heavy (non-hydrogen) atoms. The lowest BCUT2D eigenvalue weighted by Gasteiger charge is -2.14. The maximum absolute atomic E-state index is 12.7. The molecular formula is C21H17F3N2O4S. The van der Waals surface area contributed by atoms with Crippen LogP contribution in [-0.4, -0.2) is 21.4 Å². The van der Waals surface area contributed by atoms with E-state index in [1.807, 2.05) is 0 Å². The van der Waals surface area contributed by atoms with E-state index in [-0.39, 0.29) is 22.0 Å². The summed E-state index contributed by atoms with van der Waals surface area (Å²) in [6.45, 7) is 0. The van der Waals surface area contributed by atoms with Crippen LogP contribution in [0.2, 0.25) is 0 Å². The topological polar surface area (TPSA) is 84.5 Å². The summed E-state index contributed by atoms with van der Waals surface area (Å²) < 4.78 is 70.8. The van der Waals surface area contributed by atoms with Gasteiger partial charge in [0.2, 0.25) is 0 Å². The molecule has 1 amide bonds. The molecule has 0 aliphatic heterocycles. The van der Waals surface area contributed by atoms with Gasteiger partial charge >= 0.3 is 6.18 Å². The molecule has 0 heterocycles. The number of anilines is 2. The van der Waals surface area contributed by atoms with Crippen molar-refractivity contribution >= 4 is 27.3 Å². The Morgan fingerprint density at radius 1 is 0.935 bits per heavy atom. The molecular weight excluding hydrogens is 433 g/mol. The second-order valence-electron chi connectivity index (χ2n) is 6.36. The molecule has 0 saturated heterocycles. The highest BCUT2D eigenvalue weighted by Crippen LogP contribution is 2.31. The number of ether oxygens (including phenoxy) is 1. The maximum atomic E-state index is 12.7. The van der Waals surface area contributed by atoms with Gasteiger partial charge in [-0.25, -0.2) is 8.42 Å². The average molecular weight is 450 g/mol. The van der Waals surface area contributed by atoms with Crippen molar-refractivity contribution in [1.29, 1.82) is 0 Å². The van der Waals surface area contributed by atoms with Crippen molar-refractivity contribution in [3.8, 4) is 5.75 Å². The molecule has 0 atom stereocenters. The SMILES string of the molecule is COc1ccc(S(=O)(=O)Nc2ccc(C(F)(F)F)cc2)cc1NC(=O)c1ccccc1. The highest BCUT2D eigenvalue weighted by Gasteiger charge is 2.30. The highest BCUT2D eigenvalue weighted by atomic mass is 32.2. The Bertz CT molecular complexity index is 1180. The van der Waals surface area contributed by atoms with Crippen LogP contribution in [0.25, 0.3) is 0 Å². The van der Waals surface area contributed by atoms with Gasteiger partial charge in [-0.1, -0.05) is 18.2 Å². The van der Waals surface area contributed by atoms with Crippen LogP contribution in [0.15, 0.2) is 77.7 Å². The zero-order chi connectivity index (χ0) is 22.6. The fraction of sp³-hybridized carbons (Fsp3) is 0.0952. The monoisotopic (exact) mass is 450 g/mol. The van der Waals surface area contributed by atoms with E-state index in [4.69, 9.17) is 4.74 Å². The van der Waals surface area contributed by atoms with Crippen molar-refractivity contribution in [2.75, 3.05) is 17.1 Å². The second-order valence-corrected chi connectivity index (χ2v) is 8.05. The predicted octanol–water partition coefficient (Wildman–Crippen LogP) is 4.77. The van der Waals surface area contributed by atoms with E-state index in [1.54, 1.807) is 30.3 Å². The van der Waals surface area contributed by atoms with Gasteiger partial charge in [-0.2, -0.15) is 13.2 Å². The number of carbonyl (C=O) groups is 1. The minimum atomic E-state index is -4.53. The van der Waals surface area contributed by atoms with E-state index in [1.165, 1.54) is 25.3 Å². The summed E-state index contributed by atoms with van der Waals surface area (Å²) in [4.78, 5) is 12.2. The zero-order valence-electron chi connectivity index (χ0n) is 16.1. The smallest absolute Gasteiger partial charge is 0.416 e. The Balaban J connectivity index is 1.86. The normalized spacial score (nSPS) is 11.6. The number of carbonyl (C=O) groups excluding carboxylic acids is 1. The number of alkyl halides is 3. The molecule has 10 heteroatoms. The van der Waals surface area contributed by atoms with E-state index in [0.29, 0.717) is 5.56 Å². The molecule has 0 aliphatic rings. The third-order valence-corrected chi connectivity index (χ3v) is 5.61. The maximum Gasteiger partial charge on any atom is 0.416 e. The van der Waals surface area contributed by atoms with Crippen molar-refractivity contribution in [3.63, 3.8) is 0 Å². The number of halogens is 3. The number of hydrogen-bond donors (Lipinski definition) is 2. The lowest BCUT2D eigenvalue weighted by Crippen LogP contribution is -2.16. The van der Waals surface area contributed by atoms with E-state index < -0.39 is 27.7 Å². The first-order chi connectivity index (χ1) is 14.6. The molecule has 0 bridgehead atoms. The summed E-state index contributed by atoms with van der Waals surface area (Å²) in [5.41, 5.74) is -0.461. The number of hydrogen-bond acceptors (Lipinski definition) is 4. The summed E-state index contributed by atoms with van der Waals surface area (Å²) in [6, 6.07) is 15.7. The van der Waals surface area contributed by atoms with E-state index in [9.17, 15) is 26.4 Å². The van der Waals surface area contributed by atoms with E-state index in [2.05, 4.69) is 10.0 Å². The standard InChI is InChI=1S/C21H17F3N2O4S/c1-30-19-12-11-17(13-18(19)25-20(27)14-5-3-2-4-6-14)31(28,29)26-16-9-7-15(8-10-16)21(22,23)24/h2-13,26H,1H3,(H,25,27). The number of sulfonamides is 1. The predicted molar refractivity (Wildman–Crippen MR) is 110 cm³/mol. The Kier molecular flexibility index (Phi) is 6.21. The van der Waals surface area contributed by atoms with Crippen molar-refractivity contribution < 1.29 is 31.1 Å². The fourth-order valence-corrected chi connectivity index (χ4v) is 3.76. The van der Waals surface area contributed by atoms with Crippen LogP contribution < -0.4 is 14.8 Å². The number of methoxy groups -OCH3 is 1. The molecule has 3 aromatic carbocycles. The number of nitrogens with one attached hydrogen (secondary N) is 2.